The highest BCUT2D eigenvalue weighted by atomic mass is 32.1. The second kappa shape index (κ2) is 5.60. The molecule has 0 aliphatic carbocycles. The van der Waals surface area contributed by atoms with Gasteiger partial charge in [-0.25, -0.2) is 24.1 Å². The first kappa shape index (κ1) is 15.4. The molecule has 0 amide bonds. The van der Waals surface area contributed by atoms with Crippen molar-refractivity contribution in [3.63, 3.8) is 0 Å². The lowest BCUT2D eigenvalue weighted by atomic mass is 9.98. The van der Waals surface area contributed by atoms with Crippen LogP contribution in [-0.4, -0.2) is 34.1 Å². The second-order valence-corrected chi connectivity index (χ2v) is 7.82. The maximum absolute atomic E-state index is 12.2. The van der Waals surface area contributed by atoms with E-state index in [0.717, 1.165) is 45.4 Å². The molecule has 0 saturated heterocycles. The summed E-state index contributed by atoms with van der Waals surface area (Å²) in [6.07, 6.45) is 3.25. The quantitative estimate of drug-likeness (QED) is 0.540. The Kier molecular flexibility index (Phi) is 3.33. The molecule has 1 atom stereocenters. The average Bonchev–Trinajstić information content (AvgIpc) is 3.32. The van der Waals surface area contributed by atoms with Gasteiger partial charge in [0.1, 0.15) is 18.0 Å². The smallest absolute Gasteiger partial charge is 0.278 e. The Morgan fingerprint density at radius 2 is 2.19 bits per heavy atom. The molecule has 4 heterocycles. The summed E-state index contributed by atoms with van der Waals surface area (Å²) in [4.78, 5) is 21.3. The van der Waals surface area contributed by atoms with Crippen LogP contribution in [0.15, 0.2) is 29.3 Å². The van der Waals surface area contributed by atoms with Gasteiger partial charge in [-0.2, -0.15) is 10.2 Å². The fraction of sp³-hybridized carbons (Fsp3) is 0.353. The molecule has 0 radical (unpaired) electrons. The summed E-state index contributed by atoms with van der Waals surface area (Å²) < 4.78 is 6.17. The number of hydrogen-bond acceptors (Lipinski definition) is 6. The molecule has 26 heavy (non-hydrogen) atoms. The minimum Gasteiger partial charge on any atom is -0.278 e. The van der Waals surface area contributed by atoms with Gasteiger partial charge >= 0.3 is 5.69 Å². The van der Waals surface area contributed by atoms with E-state index in [1.165, 1.54) is 4.68 Å². The summed E-state index contributed by atoms with van der Waals surface area (Å²) in [5.74, 6) is 1.86. The van der Waals surface area contributed by atoms with Crippen molar-refractivity contribution >= 4 is 21.6 Å². The van der Waals surface area contributed by atoms with Crippen LogP contribution in [0.2, 0.25) is 0 Å². The highest BCUT2D eigenvalue weighted by Crippen LogP contribution is 2.29. The van der Waals surface area contributed by atoms with Crippen molar-refractivity contribution < 1.29 is 0 Å². The third-order valence-corrected chi connectivity index (χ3v) is 5.80. The number of rotatable bonds is 2. The van der Waals surface area contributed by atoms with Gasteiger partial charge in [-0.3, -0.25) is 4.57 Å². The van der Waals surface area contributed by atoms with Crippen LogP contribution in [0, 0.1) is 6.92 Å². The lowest BCUT2D eigenvalue weighted by molar-refractivity contribution is 0.426. The number of thiazole rings is 1. The zero-order chi connectivity index (χ0) is 17.8. The molecule has 1 aromatic carbocycles. The van der Waals surface area contributed by atoms with Gasteiger partial charge in [0, 0.05) is 25.9 Å². The molecule has 9 heteroatoms. The zero-order valence-corrected chi connectivity index (χ0v) is 15.3. The van der Waals surface area contributed by atoms with Crippen LogP contribution in [0.1, 0.15) is 29.0 Å². The summed E-state index contributed by atoms with van der Waals surface area (Å²) in [7, 11) is 1.69. The molecule has 0 bridgehead atoms. The van der Waals surface area contributed by atoms with Crippen molar-refractivity contribution in [2.75, 3.05) is 0 Å². The molecule has 0 fully saturated rings. The summed E-state index contributed by atoms with van der Waals surface area (Å²) in [6, 6.07) is 6.14. The highest BCUT2D eigenvalue weighted by molar-refractivity contribution is 7.18. The van der Waals surface area contributed by atoms with E-state index in [1.807, 2.05) is 23.7 Å². The largest absolute Gasteiger partial charge is 0.345 e. The minimum atomic E-state index is -0.0719. The first-order valence-corrected chi connectivity index (χ1v) is 9.32. The molecule has 1 aliphatic rings. The Hall–Kier alpha value is -2.81. The summed E-state index contributed by atoms with van der Waals surface area (Å²) in [5, 5.41) is 9.79. The fourth-order valence-electron chi connectivity index (χ4n) is 3.64. The predicted octanol–water partition coefficient (Wildman–Crippen LogP) is 1.81. The lowest BCUT2D eigenvalue weighted by Gasteiger charge is -2.22. The van der Waals surface area contributed by atoms with Gasteiger partial charge < -0.3 is 0 Å². The van der Waals surface area contributed by atoms with Crippen LogP contribution in [0.4, 0.5) is 0 Å². The molecule has 1 aliphatic heterocycles. The molecule has 4 aromatic rings. The van der Waals surface area contributed by atoms with Gasteiger partial charge in [0.15, 0.2) is 0 Å². The Bertz CT molecular complexity index is 1180. The lowest BCUT2D eigenvalue weighted by Crippen LogP contribution is -2.30. The van der Waals surface area contributed by atoms with E-state index < -0.39 is 0 Å². The Morgan fingerprint density at radius 1 is 1.31 bits per heavy atom. The van der Waals surface area contributed by atoms with Gasteiger partial charge in [0.2, 0.25) is 0 Å². The number of nitrogens with zero attached hydrogens (tertiary/aromatic N) is 7. The minimum absolute atomic E-state index is 0.0719. The molecule has 3 aromatic heterocycles. The van der Waals surface area contributed by atoms with Gasteiger partial charge in [-0.05, 0) is 31.5 Å². The van der Waals surface area contributed by atoms with Gasteiger partial charge in [-0.1, -0.05) is 0 Å². The van der Waals surface area contributed by atoms with Crippen molar-refractivity contribution in [3.05, 3.63) is 51.7 Å². The average molecular weight is 367 g/mol. The van der Waals surface area contributed by atoms with Crippen LogP contribution >= 0.6 is 11.3 Å². The van der Waals surface area contributed by atoms with E-state index >= 15 is 0 Å². The van der Waals surface area contributed by atoms with Crippen LogP contribution in [0.3, 0.4) is 0 Å². The van der Waals surface area contributed by atoms with Gasteiger partial charge in [0.25, 0.3) is 0 Å². The molecule has 132 valence electrons. The second-order valence-electron chi connectivity index (χ2n) is 6.58. The van der Waals surface area contributed by atoms with Gasteiger partial charge in [0.05, 0.1) is 20.9 Å². The van der Waals surface area contributed by atoms with Crippen LogP contribution in [-0.2, 0) is 20.0 Å². The standard InChI is InChI=1S/C17H17N7OS/c1-10-20-13-5-4-12(7-14(13)26-10)24-16(18-9-19-24)11-3-6-15-21-22(2)17(25)23(15)8-11/h4-5,7,9,11H,3,6,8H2,1-2H3/t11-/m0/s1. The maximum Gasteiger partial charge on any atom is 0.345 e. The zero-order valence-electron chi connectivity index (χ0n) is 14.5. The molecule has 0 N–H and O–H groups in total. The van der Waals surface area contributed by atoms with E-state index in [4.69, 9.17) is 0 Å². The Morgan fingerprint density at radius 3 is 3.08 bits per heavy atom. The molecule has 0 unspecified atom stereocenters. The number of aryl methyl sites for hydroxylation is 3. The molecular weight excluding hydrogens is 350 g/mol. The maximum atomic E-state index is 12.2. The van der Waals surface area contributed by atoms with Crippen molar-refractivity contribution in [2.45, 2.75) is 32.2 Å². The fourth-order valence-corrected chi connectivity index (χ4v) is 4.50. The van der Waals surface area contributed by atoms with Crippen LogP contribution in [0.5, 0.6) is 0 Å². The van der Waals surface area contributed by atoms with Crippen molar-refractivity contribution in [1.82, 2.24) is 34.1 Å². The third kappa shape index (κ3) is 2.31. The topological polar surface area (TPSA) is 83.4 Å². The highest BCUT2D eigenvalue weighted by Gasteiger charge is 2.27. The number of fused-ring (bicyclic) bond motifs is 2. The van der Waals surface area contributed by atoms with Gasteiger partial charge in [-0.15, -0.1) is 11.3 Å². The number of hydrogen-bond donors (Lipinski definition) is 0. The molecule has 0 saturated carbocycles. The first-order chi connectivity index (χ1) is 12.6. The van der Waals surface area contributed by atoms with Crippen molar-refractivity contribution in [1.29, 1.82) is 0 Å². The first-order valence-electron chi connectivity index (χ1n) is 8.50. The van der Waals surface area contributed by atoms with E-state index in [1.54, 1.807) is 29.3 Å². The van der Waals surface area contributed by atoms with E-state index in [2.05, 4.69) is 26.2 Å². The summed E-state index contributed by atoms with van der Waals surface area (Å²) in [6.45, 7) is 2.60. The van der Waals surface area contributed by atoms with E-state index in [-0.39, 0.29) is 11.6 Å². The summed E-state index contributed by atoms with van der Waals surface area (Å²) >= 11 is 1.67. The number of aromatic nitrogens is 7. The molecular formula is C17H17N7OS. The monoisotopic (exact) mass is 367 g/mol. The predicted molar refractivity (Wildman–Crippen MR) is 97.8 cm³/mol. The molecule has 5 rings (SSSR count). The van der Waals surface area contributed by atoms with E-state index in [0.29, 0.717) is 6.54 Å². The van der Waals surface area contributed by atoms with Crippen molar-refractivity contribution in [2.24, 2.45) is 7.05 Å². The summed E-state index contributed by atoms with van der Waals surface area (Å²) in [5.41, 5.74) is 1.90. The Balaban J connectivity index is 1.54. The SMILES string of the molecule is Cc1nc2ccc(-n3ncnc3[C@H]3CCc4nn(C)c(=O)n4C3)cc2s1. The number of benzene rings is 1. The molecule has 0 spiro atoms. The van der Waals surface area contributed by atoms with Crippen LogP contribution in [0.25, 0.3) is 15.9 Å². The van der Waals surface area contributed by atoms with E-state index in [9.17, 15) is 4.79 Å². The van der Waals surface area contributed by atoms with Crippen LogP contribution < -0.4 is 5.69 Å². The Labute approximate surface area is 152 Å². The van der Waals surface area contributed by atoms with Crippen molar-refractivity contribution in [3.8, 4) is 5.69 Å². The third-order valence-electron chi connectivity index (χ3n) is 4.87. The normalized spacial score (nSPS) is 16.9. The molecule has 8 nitrogen and oxygen atoms in total.